The van der Waals surface area contributed by atoms with E-state index in [9.17, 15) is 9.59 Å². The number of ether oxygens (including phenoxy) is 1. The zero-order valence-electron chi connectivity index (χ0n) is 14.2. The summed E-state index contributed by atoms with van der Waals surface area (Å²) >= 11 is 0. The molecule has 6 heteroatoms. The van der Waals surface area contributed by atoms with Gasteiger partial charge in [-0.1, -0.05) is 6.07 Å². The molecular formula is C19H22N2O4. The van der Waals surface area contributed by atoms with Crippen LogP contribution in [0.5, 0.6) is 0 Å². The van der Waals surface area contributed by atoms with Crippen molar-refractivity contribution in [3.63, 3.8) is 0 Å². The highest BCUT2D eigenvalue weighted by atomic mass is 16.5. The molecule has 2 aromatic rings. The summed E-state index contributed by atoms with van der Waals surface area (Å²) in [6, 6.07) is 9.56. The van der Waals surface area contributed by atoms with E-state index in [1.54, 1.807) is 6.07 Å². The van der Waals surface area contributed by atoms with E-state index >= 15 is 0 Å². The number of hydrogen-bond donors (Lipinski definition) is 2. The van der Waals surface area contributed by atoms with Crippen molar-refractivity contribution in [3.05, 3.63) is 48.4 Å². The minimum atomic E-state index is -0.204. The number of benzene rings is 1. The Bertz CT molecular complexity index is 719. The molecule has 0 spiro atoms. The lowest BCUT2D eigenvalue weighted by molar-refractivity contribution is -0.146. The predicted octanol–water partition coefficient (Wildman–Crippen LogP) is 3.68. The Morgan fingerprint density at radius 1 is 1.12 bits per heavy atom. The molecule has 1 aliphatic carbocycles. The molecule has 6 nitrogen and oxygen atoms in total. The molecule has 0 unspecified atom stereocenters. The second-order valence-corrected chi connectivity index (χ2v) is 6.26. The summed E-state index contributed by atoms with van der Waals surface area (Å²) in [5, 5.41) is 6.34. The van der Waals surface area contributed by atoms with Crippen LogP contribution in [0.3, 0.4) is 0 Å². The first-order valence-electron chi connectivity index (χ1n) is 8.43. The quantitative estimate of drug-likeness (QED) is 0.810. The van der Waals surface area contributed by atoms with E-state index < -0.39 is 0 Å². The van der Waals surface area contributed by atoms with Crippen molar-refractivity contribution >= 4 is 23.3 Å². The highest BCUT2D eigenvalue weighted by Crippen LogP contribution is 2.28. The van der Waals surface area contributed by atoms with Crippen LogP contribution >= 0.6 is 0 Å². The number of amides is 1. The number of carbonyl (C=O) groups excluding carboxylic acids is 2. The van der Waals surface area contributed by atoms with Gasteiger partial charge in [0.05, 0.1) is 24.9 Å². The molecule has 0 atom stereocenters. The van der Waals surface area contributed by atoms with Crippen molar-refractivity contribution in [2.45, 2.75) is 31.7 Å². The lowest BCUT2D eigenvalue weighted by Crippen LogP contribution is -2.29. The second-order valence-electron chi connectivity index (χ2n) is 6.26. The van der Waals surface area contributed by atoms with Crippen LogP contribution in [-0.2, 0) is 9.53 Å². The molecule has 2 N–H and O–H groups in total. The van der Waals surface area contributed by atoms with Crippen molar-refractivity contribution < 1.29 is 18.7 Å². The fraction of sp³-hybridized carbons (Fsp3) is 0.368. The maximum atomic E-state index is 12.1. The molecule has 1 aromatic heterocycles. The minimum Gasteiger partial charge on any atom is -0.472 e. The summed E-state index contributed by atoms with van der Waals surface area (Å²) in [7, 11) is 1.44. The van der Waals surface area contributed by atoms with Gasteiger partial charge < -0.3 is 19.8 Å². The van der Waals surface area contributed by atoms with Crippen molar-refractivity contribution in [3.8, 4) is 0 Å². The Morgan fingerprint density at radius 3 is 2.56 bits per heavy atom. The Labute approximate surface area is 146 Å². The molecule has 0 aliphatic heterocycles. The van der Waals surface area contributed by atoms with Gasteiger partial charge in [-0.2, -0.15) is 0 Å². The number of anilines is 2. The summed E-state index contributed by atoms with van der Waals surface area (Å²) in [5.41, 5.74) is 2.16. The van der Waals surface area contributed by atoms with Gasteiger partial charge in [0.15, 0.2) is 0 Å². The maximum absolute atomic E-state index is 12.1. The van der Waals surface area contributed by atoms with E-state index in [4.69, 9.17) is 9.15 Å². The van der Waals surface area contributed by atoms with Gasteiger partial charge in [0.1, 0.15) is 6.26 Å². The van der Waals surface area contributed by atoms with E-state index in [0.717, 1.165) is 37.1 Å². The van der Waals surface area contributed by atoms with Crippen molar-refractivity contribution in [1.82, 2.24) is 0 Å². The Hall–Kier alpha value is -2.76. The molecule has 132 valence electrons. The van der Waals surface area contributed by atoms with Crippen molar-refractivity contribution in [1.29, 1.82) is 0 Å². The lowest BCUT2D eigenvalue weighted by Gasteiger charge is -2.28. The van der Waals surface area contributed by atoms with Gasteiger partial charge in [-0.15, -0.1) is 0 Å². The van der Waals surface area contributed by atoms with Crippen LogP contribution in [0, 0.1) is 5.92 Å². The molecule has 1 amide bonds. The van der Waals surface area contributed by atoms with Gasteiger partial charge in [0, 0.05) is 17.4 Å². The van der Waals surface area contributed by atoms with E-state index in [1.165, 1.54) is 19.6 Å². The molecular weight excluding hydrogens is 320 g/mol. The third kappa shape index (κ3) is 4.41. The Balaban J connectivity index is 1.55. The van der Waals surface area contributed by atoms with Crippen LogP contribution in [0.15, 0.2) is 47.3 Å². The summed E-state index contributed by atoms with van der Waals surface area (Å²) in [4.78, 5) is 23.7. The zero-order chi connectivity index (χ0) is 17.6. The SMILES string of the molecule is COC(=O)C1CCC(Nc2cccc(NC(=O)c3ccoc3)c2)CC1. The molecule has 1 aromatic carbocycles. The first kappa shape index (κ1) is 17.1. The van der Waals surface area contributed by atoms with Gasteiger partial charge in [-0.05, 0) is 49.9 Å². The highest BCUT2D eigenvalue weighted by molar-refractivity contribution is 6.04. The smallest absolute Gasteiger partial charge is 0.308 e. The molecule has 1 saturated carbocycles. The van der Waals surface area contributed by atoms with Gasteiger partial charge >= 0.3 is 5.97 Å². The van der Waals surface area contributed by atoms with Crippen LogP contribution < -0.4 is 10.6 Å². The minimum absolute atomic E-state index is 0.0173. The van der Waals surface area contributed by atoms with E-state index in [-0.39, 0.29) is 17.8 Å². The van der Waals surface area contributed by atoms with Crippen LogP contribution in [0.2, 0.25) is 0 Å². The zero-order valence-corrected chi connectivity index (χ0v) is 14.2. The topological polar surface area (TPSA) is 80.6 Å². The summed E-state index contributed by atoms with van der Waals surface area (Å²) in [6.45, 7) is 0. The number of hydrogen-bond acceptors (Lipinski definition) is 5. The second kappa shape index (κ2) is 7.88. The number of methoxy groups -OCH3 is 1. The van der Waals surface area contributed by atoms with E-state index in [0.29, 0.717) is 11.6 Å². The summed E-state index contributed by atoms with van der Waals surface area (Å²) < 4.78 is 9.75. The monoisotopic (exact) mass is 342 g/mol. The third-order valence-electron chi connectivity index (χ3n) is 4.54. The number of nitrogens with one attached hydrogen (secondary N) is 2. The molecule has 1 fully saturated rings. The van der Waals surface area contributed by atoms with Crippen molar-refractivity contribution in [2.75, 3.05) is 17.7 Å². The largest absolute Gasteiger partial charge is 0.472 e. The maximum Gasteiger partial charge on any atom is 0.308 e. The predicted molar refractivity (Wildman–Crippen MR) is 94.5 cm³/mol. The number of esters is 1. The van der Waals surface area contributed by atoms with Crippen LogP contribution in [-0.4, -0.2) is 25.0 Å². The molecule has 1 heterocycles. The molecule has 3 rings (SSSR count). The van der Waals surface area contributed by atoms with Crippen LogP contribution in [0.1, 0.15) is 36.0 Å². The fourth-order valence-electron chi connectivity index (χ4n) is 3.16. The summed E-state index contributed by atoms with van der Waals surface area (Å²) in [5.74, 6) is -0.296. The van der Waals surface area contributed by atoms with E-state index in [1.807, 2.05) is 24.3 Å². The third-order valence-corrected chi connectivity index (χ3v) is 4.54. The Kier molecular flexibility index (Phi) is 5.38. The molecule has 0 bridgehead atoms. The van der Waals surface area contributed by atoms with Gasteiger partial charge in [0.25, 0.3) is 5.91 Å². The fourth-order valence-corrected chi connectivity index (χ4v) is 3.16. The van der Waals surface area contributed by atoms with Gasteiger partial charge in [-0.3, -0.25) is 9.59 Å². The molecule has 1 aliphatic rings. The number of furan rings is 1. The Morgan fingerprint density at radius 2 is 1.88 bits per heavy atom. The van der Waals surface area contributed by atoms with Crippen LogP contribution in [0.25, 0.3) is 0 Å². The molecule has 0 saturated heterocycles. The first-order valence-corrected chi connectivity index (χ1v) is 8.43. The van der Waals surface area contributed by atoms with Crippen LogP contribution in [0.4, 0.5) is 11.4 Å². The van der Waals surface area contributed by atoms with E-state index in [2.05, 4.69) is 10.6 Å². The normalized spacial score (nSPS) is 19.9. The standard InChI is InChI=1S/C19H22N2O4/c1-24-19(23)13-5-7-15(8-6-13)20-16-3-2-4-17(11-16)21-18(22)14-9-10-25-12-14/h2-4,9-13,15,20H,5-8H2,1H3,(H,21,22). The molecule has 0 radical (unpaired) electrons. The summed E-state index contributed by atoms with van der Waals surface area (Å²) in [6.07, 6.45) is 6.40. The number of rotatable bonds is 5. The van der Waals surface area contributed by atoms with Crippen molar-refractivity contribution in [2.24, 2.45) is 5.92 Å². The van der Waals surface area contributed by atoms with Gasteiger partial charge in [-0.25, -0.2) is 0 Å². The number of carbonyl (C=O) groups is 2. The lowest BCUT2D eigenvalue weighted by atomic mass is 9.86. The average molecular weight is 342 g/mol. The highest BCUT2D eigenvalue weighted by Gasteiger charge is 2.26. The van der Waals surface area contributed by atoms with Gasteiger partial charge in [0.2, 0.25) is 0 Å². The first-order chi connectivity index (χ1) is 12.2. The molecule has 25 heavy (non-hydrogen) atoms. The average Bonchev–Trinajstić information content (AvgIpc) is 3.17.